The molecule has 1 N–H and O–H groups in total. The third kappa shape index (κ3) is 3.85. The van der Waals surface area contributed by atoms with E-state index in [1.807, 2.05) is 6.07 Å². The monoisotopic (exact) mass is 337 g/mol. The number of piperazine rings is 1. The average molecular weight is 337 g/mol. The van der Waals surface area contributed by atoms with E-state index in [0.29, 0.717) is 16.9 Å². The van der Waals surface area contributed by atoms with Gasteiger partial charge in [0.1, 0.15) is 24.3 Å². The van der Waals surface area contributed by atoms with E-state index in [4.69, 9.17) is 10.00 Å². The molecule has 1 aromatic carbocycles. The first-order valence-electron chi connectivity index (χ1n) is 7.88. The van der Waals surface area contributed by atoms with E-state index >= 15 is 0 Å². The number of hydrogen-bond donors (Lipinski definition) is 1. The van der Waals surface area contributed by atoms with Crippen molar-refractivity contribution in [1.82, 2.24) is 10.3 Å². The molecule has 1 aliphatic rings. The van der Waals surface area contributed by atoms with E-state index in [-0.39, 0.29) is 12.2 Å². The predicted molar refractivity (Wildman–Crippen MR) is 89.5 cm³/mol. The highest BCUT2D eigenvalue weighted by molar-refractivity contribution is 5.51. The first kappa shape index (κ1) is 16.7. The number of benzene rings is 1. The summed E-state index contributed by atoms with van der Waals surface area (Å²) >= 11 is 0. The van der Waals surface area contributed by atoms with Gasteiger partial charge in [-0.25, -0.2) is 9.37 Å². The topological polar surface area (TPSA) is 85.0 Å². The second-order valence-corrected chi connectivity index (χ2v) is 5.59. The van der Waals surface area contributed by atoms with Gasteiger partial charge in [-0.3, -0.25) is 0 Å². The summed E-state index contributed by atoms with van der Waals surface area (Å²) in [7, 11) is 0. The lowest BCUT2D eigenvalue weighted by atomic mass is 10.1. The number of nitrogens with zero attached hydrogens (tertiary/aromatic N) is 4. The number of pyridine rings is 1. The van der Waals surface area contributed by atoms with Crippen molar-refractivity contribution < 1.29 is 9.13 Å². The van der Waals surface area contributed by atoms with Crippen LogP contribution >= 0.6 is 0 Å². The number of aromatic nitrogens is 1. The Labute approximate surface area is 145 Å². The van der Waals surface area contributed by atoms with Gasteiger partial charge >= 0.3 is 0 Å². The fourth-order valence-electron chi connectivity index (χ4n) is 2.59. The maximum absolute atomic E-state index is 13.9. The molecule has 0 atom stereocenters. The molecule has 0 amide bonds. The number of rotatable bonds is 4. The fraction of sp³-hybridized carbons (Fsp3) is 0.278. The van der Waals surface area contributed by atoms with Crippen molar-refractivity contribution in [3.63, 3.8) is 0 Å². The minimum absolute atomic E-state index is 0.0408. The van der Waals surface area contributed by atoms with Crippen molar-refractivity contribution in [3.05, 3.63) is 53.0 Å². The van der Waals surface area contributed by atoms with Gasteiger partial charge in [-0.15, -0.1) is 0 Å². The van der Waals surface area contributed by atoms with Gasteiger partial charge in [-0.2, -0.15) is 10.5 Å². The lowest BCUT2D eigenvalue weighted by Gasteiger charge is -2.28. The molecule has 2 heterocycles. The van der Waals surface area contributed by atoms with Gasteiger partial charge in [0.25, 0.3) is 0 Å². The standard InChI is InChI=1S/C18H16FN5O/c19-16-7-13(9-20)1-2-14(16)12-25-17-11-23-18(8-15(17)10-21)24-5-3-22-4-6-24/h1-2,7-8,11,22H,3-6,12H2. The Hall–Kier alpha value is -3.16. The second-order valence-electron chi connectivity index (χ2n) is 5.59. The zero-order chi connectivity index (χ0) is 17.6. The van der Waals surface area contributed by atoms with Crippen molar-refractivity contribution in [1.29, 1.82) is 10.5 Å². The van der Waals surface area contributed by atoms with Crippen molar-refractivity contribution in [2.45, 2.75) is 6.61 Å². The molecular weight excluding hydrogens is 321 g/mol. The molecule has 7 heteroatoms. The largest absolute Gasteiger partial charge is 0.486 e. The molecule has 0 aliphatic carbocycles. The highest BCUT2D eigenvalue weighted by Crippen LogP contribution is 2.23. The van der Waals surface area contributed by atoms with Crippen molar-refractivity contribution in [2.24, 2.45) is 0 Å². The minimum atomic E-state index is -0.511. The molecule has 126 valence electrons. The molecule has 6 nitrogen and oxygen atoms in total. The Bertz CT molecular complexity index is 850. The number of anilines is 1. The molecule has 0 unspecified atom stereocenters. The van der Waals surface area contributed by atoms with E-state index in [1.165, 1.54) is 18.3 Å². The highest BCUT2D eigenvalue weighted by atomic mass is 19.1. The third-order valence-electron chi connectivity index (χ3n) is 3.98. The Morgan fingerprint density at radius 3 is 2.68 bits per heavy atom. The normalized spacial score (nSPS) is 13.8. The van der Waals surface area contributed by atoms with Crippen LogP contribution in [0.5, 0.6) is 5.75 Å². The number of halogens is 1. The van der Waals surface area contributed by atoms with Gasteiger partial charge in [0.15, 0.2) is 5.75 Å². The number of hydrogen-bond acceptors (Lipinski definition) is 6. The summed E-state index contributed by atoms with van der Waals surface area (Å²) in [6.07, 6.45) is 1.50. The lowest BCUT2D eigenvalue weighted by molar-refractivity contribution is 0.298. The maximum Gasteiger partial charge on any atom is 0.156 e. The quantitative estimate of drug-likeness (QED) is 0.918. The Morgan fingerprint density at radius 2 is 2.00 bits per heavy atom. The first-order chi connectivity index (χ1) is 12.2. The number of nitriles is 2. The summed E-state index contributed by atoms with van der Waals surface area (Å²) in [6.45, 7) is 3.36. The molecule has 25 heavy (non-hydrogen) atoms. The van der Waals surface area contributed by atoms with Crippen LogP contribution in [0.4, 0.5) is 10.2 Å². The molecule has 1 aliphatic heterocycles. The van der Waals surface area contributed by atoms with E-state index in [2.05, 4.69) is 21.3 Å². The highest BCUT2D eigenvalue weighted by Gasteiger charge is 2.15. The van der Waals surface area contributed by atoms with Crippen molar-refractivity contribution in [2.75, 3.05) is 31.1 Å². The van der Waals surface area contributed by atoms with Crippen LogP contribution in [0.3, 0.4) is 0 Å². The van der Waals surface area contributed by atoms with Crippen molar-refractivity contribution in [3.8, 4) is 17.9 Å². The third-order valence-corrected chi connectivity index (χ3v) is 3.98. The van der Waals surface area contributed by atoms with E-state index in [0.717, 1.165) is 38.1 Å². The molecule has 0 radical (unpaired) electrons. The lowest BCUT2D eigenvalue weighted by Crippen LogP contribution is -2.43. The van der Waals surface area contributed by atoms with Crippen LogP contribution in [0.1, 0.15) is 16.7 Å². The number of nitrogens with one attached hydrogen (secondary N) is 1. The average Bonchev–Trinajstić information content (AvgIpc) is 2.67. The van der Waals surface area contributed by atoms with E-state index in [9.17, 15) is 9.65 Å². The zero-order valence-electron chi connectivity index (χ0n) is 13.5. The molecule has 1 fully saturated rings. The van der Waals surface area contributed by atoms with Crippen molar-refractivity contribution >= 4 is 5.82 Å². The Kier molecular flexibility index (Phi) is 5.08. The summed E-state index contributed by atoms with van der Waals surface area (Å²) in [5.41, 5.74) is 0.924. The predicted octanol–water partition coefficient (Wildman–Crippen LogP) is 1.95. The Morgan fingerprint density at radius 1 is 1.20 bits per heavy atom. The maximum atomic E-state index is 13.9. The molecule has 0 bridgehead atoms. The molecule has 2 aromatic rings. The van der Waals surface area contributed by atoms with Crippen LogP contribution in [-0.2, 0) is 6.61 Å². The first-order valence-corrected chi connectivity index (χ1v) is 7.88. The van der Waals surface area contributed by atoms with Gasteiger partial charge in [0.05, 0.1) is 23.4 Å². The summed E-state index contributed by atoms with van der Waals surface area (Å²) in [6, 6.07) is 9.86. The summed E-state index contributed by atoms with van der Waals surface area (Å²) in [5, 5.41) is 21.4. The molecule has 3 rings (SSSR count). The van der Waals surface area contributed by atoms with Gasteiger partial charge in [-0.05, 0) is 12.1 Å². The van der Waals surface area contributed by atoms with Crippen LogP contribution in [0.2, 0.25) is 0 Å². The van der Waals surface area contributed by atoms with Crippen LogP contribution in [0.15, 0.2) is 30.5 Å². The van der Waals surface area contributed by atoms with Gasteiger partial charge < -0.3 is 15.0 Å². The molecule has 0 saturated carbocycles. The molecule has 1 saturated heterocycles. The van der Waals surface area contributed by atoms with Crippen LogP contribution in [-0.4, -0.2) is 31.2 Å². The zero-order valence-corrected chi connectivity index (χ0v) is 13.5. The molecular formula is C18H16FN5O. The molecule has 1 aromatic heterocycles. The fourth-order valence-corrected chi connectivity index (χ4v) is 2.59. The van der Waals surface area contributed by atoms with Gasteiger partial charge in [0, 0.05) is 37.8 Å². The second kappa shape index (κ2) is 7.61. The summed E-state index contributed by atoms with van der Waals surface area (Å²) in [4.78, 5) is 6.46. The Balaban J connectivity index is 1.74. The van der Waals surface area contributed by atoms with E-state index < -0.39 is 5.82 Å². The van der Waals surface area contributed by atoms with Gasteiger partial charge in [0.2, 0.25) is 0 Å². The van der Waals surface area contributed by atoms with Crippen LogP contribution in [0, 0.1) is 28.5 Å². The number of ether oxygens (including phenoxy) is 1. The minimum Gasteiger partial charge on any atom is -0.486 e. The van der Waals surface area contributed by atoms with Crippen LogP contribution in [0.25, 0.3) is 0 Å². The summed E-state index contributed by atoms with van der Waals surface area (Å²) in [5.74, 6) is 0.531. The summed E-state index contributed by atoms with van der Waals surface area (Å²) < 4.78 is 19.5. The SMILES string of the molecule is N#Cc1ccc(COc2cnc(N3CCNCC3)cc2C#N)c(F)c1. The van der Waals surface area contributed by atoms with Crippen LogP contribution < -0.4 is 15.0 Å². The smallest absolute Gasteiger partial charge is 0.156 e. The van der Waals surface area contributed by atoms with E-state index in [1.54, 1.807) is 6.07 Å². The molecule has 0 spiro atoms. The van der Waals surface area contributed by atoms with Gasteiger partial charge in [-0.1, -0.05) is 6.07 Å².